The first-order chi connectivity index (χ1) is 11.7. The fourth-order valence-corrected chi connectivity index (χ4v) is 3.74. The van der Waals surface area contributed by atoms with Crippen LogP contribution in [0.2, 0.25) is 0 Å². The van der Waals surface area contributed by atoms with E-state index in [1.54, 1.807) is 12.4 Å². The summed E-state index contributed by atoms with van der Waals surface area (Å²) in [5.41, 5.74) is 0. The van der Waals surface area contributed by atoms with Gasteiger partial charge in [0.2, 0.25) is 11.9 Å². The Kier molecular flexibility index (Phi) is 6.01. The largest absolute Gasteiger partial charge is 0.339 e. The number of amides is 1. The maximum Gasteiger partial charge on any atom is 0.225 e. The molecular formula is C18H29N5O. The molecule has 3 rings (SSSR count). The number of rotatable bonds is 5. The highest BCUT2D eigenvalue weighted by molar-refractivity contribution is 5.76. The minimum atomic E-state index is 0.284. The van der Waals surface area contributed by atoms with Crippen LogP contribution in [0.4, 0.5) is 5.95 Å². The van der Waals surface area contributed by atoms with Gasteiger partial charge in [0.25, 0.3) is 0 Å². The highest BCUT2D eigenvalue weighted by atomic mass is 16.2. The third-order valence-corrected chi connectivity index (χ3v) is 5.34. The van der Waals surface area contributed by atoms with Gasteiger partial charge in [-0.05, 0) is 26.0 Å². The molecule has 0 aromatic carbocycles. The second-order valence-electron chi connectivity index (χ2n) is 6.94. The Labute approximate surface area is 144 Å². The lowest BCUT2D eigenvalue weighted by atomic mass is 9.94. The van der Waals surface area contributed by atoms with Crippen LogP contribution in [0.1, 0.15) is 38.5 Å². The molecule has 6 heteroatoms. The van der Waals surface area contributed by atoms with E-state index in [0.29, 0.717) is 12.5 Å². The van der Waals surface area contributed by atoms with Crippen LogP contribution >= 0.6 is 0 Å². The van der Waals surface area contributed by atoms with Gasteiger partial charge in [0, 0.05) is 57.6 Å². The summed E-state index contributed by atoms with van der Waals surface area (Å²) in [6.07, 6.45) is 10.8. The van der Waals surface area contributed by atoms with Crippen molar-refractivity contribution in [2.45, 2.75) is 44.6 Å². The molecule has 1 amide bonds. The van der Waals surface area contributed by atoms with Gasteiger partial charge >= 0.3 is 0 Å². The number of nitrogens with zero attached hydrogens (tertiary/aromatic N) is 5. The van der Waals surface area contributed by atoms with Crippen LogP contribution < -0.4 is 4.90 Å². The second kappa shape index (κ2) is 8.42. The summed E-state index contributed by atoms with van der Waals surface area (Å²) in [7, 11) is 2.17. The topological polar surface area (TPSA) is 52.6 Å². The van der Waals surface area contributed by atoms with E-state index in [2.05, 4.69) is 26.8 Å². The van der Waals surface area contributed by atoms with Gasteiger partial charge in [-0.2, -0.15) is 0 Å². The summed E-state index contributed by atoms with van der Waals surface area (Å²) in [6, 6.07) is 2.50. The normalized spacial score (nSPS) is 19.8. The van der Waals surface area contributed by atoms with Crippen LogP contribution in [0.15, 0.2) is 18.5 Å². The van der Waals surface area contributed by atoms with Crippen molar-refractivity contribution in [3.05, 3.63) is 18.5 Å². The highest BCUT2D eigenvalue weighted by Gasteiger charge is 2.23. The number of carbonyl (C=O) groups excluding carboxylic acids is 1. The molecule has 0 radical (unpaired) electrons. The number of anilines is 1. The Bertz CT molecular complexity index is 509. The zero-order valence-electron chi connectivity index (χ0n) is 14.7. The molecule has 1 saturated carbocycles. The average Bonchev–Trinajstić information content (AvgIpc) is 2.67. The van der Waals surface area contributed by atoms with Crippen LogP contribution in [-0.2, 0) is 4.79 Å². The molecule has 1 aliphatic carbocycles. The van der Waals surface area contributed by atoms with Crippen molar-refractivity contribution < 1.29 is 4.79 Å². The fraction of sp³-hybridized carbons (Fsp3) is 0.722. The van der Waals surface area contributed by atoms with E-state index in [1.807, 2.05) is 11.0 Å². The van der Waals surface area contributed by atoms with Crippen LogP contribution in [0.3, 0.4) is 0 Å². The first-order valence-electron chi connectivity index (χ1n) is 9.24. The predicted octanol–water partition coefficient (Wildman–Crippen LogP) is 1.78. The quantitative estimate of drug-likeness (QED) is 0.823. The summed E-state index contributed by atoms with van der Waals surface area (Å²) in [6.45, 7) is 4.04. The molecule has 1 aromatic rings. The maximum absolute atomic E-state index is 12.5. The highest BCUT2D eigenvalue weighted by Crippen LogP contribution is 2.21. The van der Waals surface area contributed by atoms with E-state index in [-0.39, 0.29) is 5.91 Å². The zero-order chi connectivity index (χ0) is 16.8. The summed E-state index contributed by atoms with van der Waals surface area (Å²) in [4.78, 5) is 27.6. The lowest BCUT2D eigenvalue weighted by molar-refractivity contribution is -0.131. The lowest BCUT2D eigenvalue weighted by Crippen LogP contribution is -2.49. The first kappa shape index (κ1) is 17.1. The second-order valence-corrected chi connectivity index (χ2v) is 6.94. The number of hydrogen-bond acceptors (Lipinski definition) is 5. The first-order valence-corrected chi connectivity index (χ1v) is 9.24. The number of hydrogen-bond donors (Lipinski definition) is 0. The Morgan fingerprint density at radius 3 is 2.46 bits per heavy atom. The van der Waals surface area contributed by atoms with Gasteiger partial charge in [-0.1, -0.05) is 19.3 Å². The van der Waals surface area contributed by atoms with Crippen molar-refractivity contribution in [1.29, 1.82) is 0 Å². The molecule has 0 bridgehead atoms. The molecule has 0 spiro atoms. The van der Waals surface area contributed by atoms with E-state index in [9.17, 15) is 4.79 Å². The maximum atomic E-state index is 12.5. The van der Waals surface area contributed by atoms with Gasteiger partial charge in [-0.3, -0.25) is 4.79 Å². The fourth-order valence-electron chi connectivity index (χ4n) is 3.74. The molecule has 24 heavy (non-hydrogen) atoms. The Balaban J connectivity index is 1.40. The number of piperazine rings is 1. The van der Waals surface area contributed by atoms with E-state index in [4.69, 9.17) is 0 Å². The smallest absolute Gasteiger partial charge is 0.225 e. The molecule has 1 aliphatic heterocycles. The molecule has 132 valence electrons. The van der Waals surface area contributed by atoms with Crippen LogP contribution in [0.5, 0.6) is 0 Å². The molecule has 2 aliphatic rings. The van der Waals surface area contributed by atoms with Crippen molar-refractivity contribution in [2.75, 3.05) is 44.7 Å². The zero-order valence-corrected chi connectivity index (χ0v) is 14.7. The molecule has 0 atom stereocenters. The lowest BCUT2D eigenvalue weighted by Gasteiger charge is -2.35. The van der Waals surface area contributed by atoms with Crippen molar-refractivity contribution in [3.8, 4) is 0 Å². The van der Waals surface area contributed by atoms with Crippen molar-refractivity contribution in [3.63, 3.8) is 0 Å². The van der Waals surface area contributed by atoms with Crippen LogP contribution in [-0.4, -0.2) is 71.5 Å². The van der Waals surface area contributed by atoms with Gasteiger partial charge in [-0.15, -0.1) is 0 Å². The summed E-state index contributed by atoms with van der Waals surface area (Å²) < 4.78 is 0. The molecular weight excluding hydrogens is 302 g/mol. The number of carbonyl (C=O) groups is 1. The van der Waals surface area contributed by atoms with Crippen molar-refractivity contribution >= 4 is 11.9 Å². The van der Waals surface area contributed by atoms with Gasteiger partial charge < -0.3 is 14.7 Å². The molecule has 0 unspecified atom stereocenters. The van der Waals surface area contributed by atoms with E-state index in [0.717, 1.165) is 38.7 Å². The Hall–Kier alpha value is -1.69. The van der Waals surface area contributed by atoms with Crippen LogP contribution in [0, 0.1) is 0 Å². The van der Waals surface area contributed by atoms with Crippen molar-refractivity contribution in [1.82, 2.24) is 19.8 Å². The molecule has 2 heterocycles. The minimum absolute atomic E-state index is 0.284. The molecule has 6 nitrogen and oxygen atoms in total. The standard InChI is InChI=1S/C18H29N5O/c1-21(16-6-3-2-4-7-16)11-8-17(24)22-12-14-23(15-13-22)18-19-9-5-10-20-18/h5,9-10,16H,2-4,6-8,11-15H2,1H3. The molecule has 2 fully saturated rings. The van der Waals surface area contributed by atoms with E-state index >= 15 is 0 Å². The summed E-state index contributed by atoms with van der Waals surface area (Å²) >= 11 is 0. The van der Waals surface area contributed by atoms with Gasteiger partial charge in [-0.25, -0.2) is 9.97 Å². The third kappa shape index (κ3) is 4.44. The SMILES string of the molecule is CN(CCC(=O)N1CCN(c2ncccn2)CC1)C1CCCCC1. The van der Waals surface area contributed by atoms with Crippen molar-refractivity contribution in [2.24, 2.45) is 0 Å². The van der Waals surface area contributed by atoms with E-state index in [1.165, 1.54) is 32.1 Å². The third-order valence-electron chi connectivity index (χ3n) is 5.34. The number of aromatic nitrogens is 2. The van der Waals surface area contributed by atoms with Crippen LogP contribution in [0.25, 0.3) is 0 Å². The predicted molar refractivity (Wildman–Crippen MR) is 94.9 cm³/mol. The molecule has 1 aromatic heterocycles. The average molecular weight is 331 g/mol. The molecule has 1 saturated heterocycles. The van der Waals surface area contributed by atoms with Gasteiger partial charge in [0.15, 0.2) is 0 Å². The molecule has 0 N–H and O–H groups in total. The summed E-state index contributed by atoms with van der Waals surface area (Å²) in [5.74, 6) is 1.05. The summed E-state index contributed by atoms with van der Waals surface area (Å²) in [5, 5.41) is 0. The van der Waals surface area contributed by atoms with Gasteiger partial charge in [0.1, 0.15) is 0 Å². The van der Waals surface area contributed by atoms with E-state index < -0.39 is 0 Å². The van der Waals surface area contributed by atoms with Gasteiger partial charge in [0.05, 0.1) is 0 Å². The Morgan fingerprint density at radius 1 is 1.12 bits per heavy atom. The monoisotopic (exact) mass is 331 g/mol. The Morgan fingerprint density at radius 2 is 1.79 bits per heavy atom. The minimum Gasteiger partial charge on any atom is -0.339 e.